The Morgan fingerprint density at radius 3 is 2.67 bits per heavy atom. The number of anilines is 1. The number of carbonyl (C=O) groups excluding carboxylic acids is 2. The van der Waals surface area contributed by atoms with E-state index in [9.17, 15) is 9.59 Å². The first-order valence-electron chi connectivity index (χ1n) is 7.11. The number of hydrogen-bond acceptors (Lipinski definition) is 4. The highest BCUT2D eigenvalue weighted by Crippen LogP contribution is 2.21. The number of benzene rings is 1. The van der Waals surface area contributed by atoms with Gasteiger partial charge in [-0.2, -0.15) is 0 Å². The van der Waals surface area contributed by atoms with Gasteiger partial charge in [0.1, 0.15) is 5.75 Å². The van der Waals surface area contributed by atoms with E-state index < -0.39 is 0 Å². The van der Waals surface area contributed by atoms with E-state index in [-0.39, 0.29) is 18.4 Å². The lowest BCUT2D eigenvalue weighted by molar-refractivity contribution is -0.130. The lowest BCUT2D eigenvalue weighted by atomic mass is 10.1. The summed E-state index contributed by atoms with van der Waals surface area (Å²) in [7, 11) is 1.48. The first-order chi connectivity index (χ1) is 10.1. The molecule has 1 aromatic carbocycles. The predicted octanol–water partition coefficient (Wildman–Crippen LogP) is 1.02. The second kappa shape index (κ2) is 6.97. The molecule has 2 rings (SSSR count). The molecule has 1 saturated heterocycles. The van der Waals surface area contributed by atoms with Crippen LogP contribution in [0.5, 0.6) is 5.75 Å². The number of nitrogen functional groups attached to an aromatic ring is 1. The molecule has 2 amide bonds. The molecule has 0 unspecified atom stereocenters. The zero-order valence-corrected chi connectivity index (χ0v) is 12.2. The zero-order valence-electron chi connectivity index (χ0n) is 12.2. The molecule has 0 atom stereocenters. The van der Waals surface area contributed by atoms with Gasteiger partial charge in [-0.25, -0.2) is 0 Å². The van der Waals surface area contributed by atoms with E-state index in [1.165, 1.54) is 13.5 Å². The molecule has 6 nitrogen and oxygen atoms in total. The van der Waals surface area contributed by atoms with Gasteiger partial charge in [0.2, 0.25) is 5.91 Å². The van der Waals surface area contributed by atoms with E-state index in [1.54, 1.807) is 23.1 Å². The van der Waals surface area contributed by atoms with E-state index in [0.29, 0.717) is 17.0 Å². The molecule has 1 fully saturated rings. The van der Waals surface area contributed by atoms with Gasteiger partial charge < -0.3 is 20.7 Å². The van der Waals surface area contributed by atoms with Gasteiger partial charge in [0.05, 0.1) is 19.2 Å². The smallest absolute Gasteiger partial charge is 0.255 e. The number of methoxy groups -OCH3 is 1. The molecular weight excluding hydrogens is 270 g/mol. The van der Waals surface area contributed by atoms with Gasteiger partial charge in [0.15, 0.2) is 0 Å². The van der Waals surface area contributed by atoms with Gasteiger partial charge in [-0.15, -0.1) is 0 Å². The van der Waals surface area contributed by atoms with Crippen molar-refractivity contribution in [3.8, 4) is 5.75 Å². The predicted molar refractivity (Wildman–Crippen MR) is 80.2 cm³/mol. The van der Waals surface area contributed by atoms with Crippen molar-refractivity contribution in [2.45, 2.75) is 19.3 Å². The molecule has 6 heteroatoms. The molecule has 0 bridgehead atoms. The maximum atomic E-state index is 12.1. The number of amides is 2. The number of nitrogens with one attached hydrogen (secondary N) is 1. The first-order valence-corrected chi connectivity index (χ1v) is 7.11. The number of nitrogens with two attached hydrogens (primary N) is 1. The van der Waals surface area contributed by atoms with Crippen LogP contribution in [0.15, 0.2) is 18.2 Å². The van der Waals surface area contributed by atoms with Crippen LogP contribution in [0.3, 0.4) is 0 Å². The average molecular weight is 291 g/mol. The van der Waals surface area contributed by atoms with Crippen LogP contribution in [0.4, 0.5) is 5.69 Å². The molecule has 0 aliphatic carbocycles. The number of ether oxygens (including phenoxy) is 1. The maximum absolute atomic E-state index is 12.1. The molecule has 1 heterocycles. The Balaban J connectivity index is 1.93. The SMILES string of the molecule is COc1cc(N)ccc1C(=O)NCC(=O)N1CCCCC1. The fourth-order valence-electron chi connectivity index (χ4n) is 2.40. The monoisotopic (exact) mass is 291 g/mol. The van der Waals surface area contributed by atoms with Crippen LogP contribution in [0.2, 0.25) is 0 Å². The summed E-state index contributed by atoms with van der Waals surface area (Å²) in [5.41, 5.74) is 6.54. The highest BCUT2D eigenvalue weighted by atomic mass is 16.5. The van der Waals surface area contributed by atoms with Gasteiger partial charge in [-0.1, -0.05) is 0 Å². The summed E-state index contributed by atoms with van der Waals surface area (Å²) in [5, 5.41) is 2.64. The molecule has 0 radical (unpaired) electrons. The van der Waals surface area contributed by atoms with Crippen LogP contribution in [0, 0.1) is 0 Å². The third kappa shape index (κ3) is 3.87. The van der Waals surface area contributed by atoms with Crippen molar-refractivity contribution in [3.63, 3.8) is 0 Å². The molecule has 21 heavy (non-hydrogen) atoms. The number of likely N-dealkylation sites (tertiary alicyclic amines) is 1. The Kier molecular flexibility index (Phi) is 5.03. The number of carbonyl (C=O) groups is 2. The molecule has 3 N–H and O–H groups in total. The van der Waals surface area contributed by atoms with Crippen molar-refractivity contribution in [1.29, 1.82) is 0 Å². The molecule has 114 valence electrons. The largest absolute Gasteiger partial charge is 0.496 e. The fraction of sp³-hybridized carbons (Fsp3) is 0.467. The Hall–Kier alpha value is -2.24. The van der Waals surface area contributed by atoms with Crippen molar-refractivity contribution < 1.29 is 14.3 Å². The van der Waals surface area contributed by atoms with E-state index in [2.05, 4.69) is 5.32 Å². The van der Waals surface area contributed by atoms with E-state index in [1.807, 2.05) is 0 Å². The van der Waals surface area contributed by atoms with Crippen LogP contribution in [0.25, 0.3) is 0 Å². The highest BCUT2D eigenvalue weighted by molar-refractivity contribution is 5.99. The van der Waals surface area contributed by atoms with Gasteiger partial charge in [-0.3, -0.25) is 9.59 Å². The number of piperidine rings is 1. The fourth-order valence-corrected chi connectivity index (χ4v) is 2.40. The summed E-state index contributed by atoms with van der Waals surface area (Å²) in [6, 6.07) is 4.81. The topological polar surface area (TPSA) is 84.7 Å². The summed E-state index contributed by atoms with van der Waals surface area (Å²) < 4.78 is 5.13. The van der Waals surface area contributed by atoms with Crippen LogP contribution in [0.1, 0.15) is 29.6 Å². The Labute approximate surface area is 124 Å². The second-order valence-electron chi connectivity index (χ2n) is 5.08. The lowest BCUT2D eigenvalue weighted by Gasteiger charge is -2.26. The molecular formula is C15H21N3O3. The minimum atomic E-state index is -0.336. The number of rotatable bonds is 4. The summed E-state index contributed by atoms with van der Waals surface area (Å²) >= 11 is 0. The highest BCUT2D eigenvalue weighted by Gasteiger charge is 2.18. The Morgan fingerprint density at radius 1 is 1.29 bits per heavy atom. The van der Waals surface area contributed by atoms with Crippen molar-refractivity contribution in [1.82, 2.24) is 10.2 Å². The summed E-state index contributed by atoms with van der Waals surface area (Å²) in [6.45, 7) is 1.56. The van der Waals surface area contributed by atoms with Crippen LogP contribution >= 0.6 is 0 Å². The summed E-state index contributed by atoms with van der Waals surface area (Å²) in [6.07, 6.45) is 3.23. The lowest BCUT2D eigenvalue weighted by Crippen LogP contribution is -2.42. The number of hydrogen-bond donors (Lipinski definition) is 2. The quantitative estimate of drug-likeness (QED) is 0.811. The number of nitrogens with zero attached hydrogens (tertiary/aromatic N) is 1. The molecule has 1 aromatic rings. The van der Waals surface area contributed by atoms with Crippen molar-refractivity contribution in [3.05, 3.63) is 23.8 Å². The Morgan fingerprint density at radius 2 is 2.00 bits per heavy atom. The van der Waals surface area contributed by atoms with E-state index >= 15 is 0 Å². The molecule has 0 saturated carbocycles. The van der Waals surface area contributed by atoms with Crippen LogP contribution < -0.4 is 15.8 Å². The molecule has 0 aromatic heterocycles. The normalized spacial score (nSPS) is 14.6. The van der Waals surface area contributed by atoms with Gasteiger partial charge in [0.25, 0.3) is 5.91 Å². The zero-order chi connectivity index (χ0) is 15.2. The average Bonchev–Trinajstić information content (AvgIpc) is 2.52. The minimum absolute atomic E-state index is 0.00631. The summed E-state index contributed by atoms with van der Waals surface area (Å²) in [5.74, 6) is 0.0209. The van der Waals surface area contributed by atoms with Crippen molar-refractivity contribution in [2.24, 2.45) is 0 Å². The minimum Gasteiger partial charge on any atom is -0.496 e. The standard InChI is InChI=1S/C15H21N3O3/c1-21-13-9-11(16)5-6-12(13)15(20)17-10-14(19)18-7-3-2-4-8-18/h5-6,9H,2-4,7-8,10,16H2,1H3,(H,17,20). The van der Waals surface area contributed by atoms with Crippen molar-refractivity contribution in [2.75, 3.05) is 32.5 Å². The first kappa shape index (κ1) is 15.2. The molecule has 1 aliphatic rings. The van der Waals surface area contributed by atoms with Gasteiger partial charge in [-0.05, 0) is 31.4 Å². The van der Waals surface area contributed by atoms with Gasteiger partial charge in [0, 0.05) is 24.8 Å². The van der Waals surface area contributed by atoms with E-state index in [0.717, 1.165) is 25.9 Å². The Bertz CT molecular complexity index is 525. The molecule has 0 spiro atoms. The third-order valence-corrected chi connectivity index (χ3v) is 3.58. The molecule has 1 aliphatic heterocycles. The maximum Gasteiger partial charge on any atom is 0.255 e. The third-order valence-electron chi connectivity index (χ3n) is 3.58. The van der Waals surface area contributed by atoms with Crippen molar-refractivity contribution >= 4 is 17.5 Å². The van der Waals surface area contributed by atoms with Gasteiger partial charge >= 0.3 is 0 Å². The van der Waals surface area contributed by atoms with E-state index in [4.69, 9.17) is 10.5 Å². The van der Waals surface area contributed by atoms with Crippen LogP contribution in [-0.2, 0) is 4.79 Å². The second-order valence-corrected chi connectivity index (χ2v) is 5.08. The van der Waals surface area contributed by atoms with Crippen LogP contribution in [-0.4, -0.2) is 43.5 Å². The summed E-state index contributed by atoms with van der Waals surface area (Å²) in [4.78, 5) is 25.9.